The zero-order valence-corrected chi connectivity index (χ0v) is 10.7. The summed E-state index contributed by atoms with van der Waals surface area (Å²) in [5.41, 5.74) is 1.10. The quantitative estimate of drug-likeness (QED) is 0.626. The van der Waals surface area contributed by atoms with E-state index in [-0.39, 0.29) is 0 Å². The van der Waals surface area contributed by atoms with Crippen molar-refractivity contribution in [1.29, 1.82) is 0 Å². The number of aromatic nitrogens is 2. The molecule has 0 amide bonds. The number of nitrogens with zero attached hydrogens (tertiary/aromatic N) is 2. The molecule has 0 fully saturated rings. The van der Waals surface area contributed by atoms with Crippen LogP contribution in [0.2, 0.25) is 0 Å². The fourth-order valence-electron chi connectivity index (χ4n) is 1.60. The van der Waals surface area contributed by atoms with Gasteiger partial charge in [0.2, 0.25) is 5.89 Å². The van der Waals surface area contributed by atoms with Gasteiger partial charge in [0.1, 0.15) is 5.75 Å². The second-order valence-corrected chi connectivity index (χ2v) is 3.94. The van der Waals surface area contributed by atoms with Crippen molar-refractivity contribution in [2.45, 2.75) is 13.0 Å². The van der Waals surface area contributed by atoms with Crippen molar-refractivity contribution < 1.29 is 9.26 Å². The molecular weight excluding hydrogens is 242 g/mol. The van der Waals surface area contributed by atoms with E-state index in [1.807, 2.05) is 24.3 Å². The van der Waals surface area contributed by atoms with E-state index >= 15 is 0 Å². The monoisotopic (exact) mass is 257 g/mol. The number of rotatable bonds is 6. The SMILES string of the molecule is C#CCNCc1nc(Cc2ccc(OC)cc2)no1. The molecule has 98 valence electrons. The minimum absolute atomic E-state index is 0.482. The molecule has 0 atom stereocenters. The van der Waals surface area contributed by atoms with Crippen molar-refractivity contribution in [3.05, 3.63) is 41.5 Å². The lowest BCUT2D eigenvalue weighted by Gasteiger charge is -2.00. The lowest BCUT2D eigenvalue weighted by atomic mass is 10.1. The van der Waals surface area contributed by atoms with Crippen molar-refractivity contribution in [3.8, 4) is 18.1 Å². The van der Waals surface area contributed by atoms with E-state index in [4.69, 9.17) is 15.7 Å². The number of terminal acetylenes is 1. The molecule has 1 heterocycles. The van der Waals surface area contributed by atoms with Gasteiger partial charge in [-0.3, -0.25) is 5.32 Å². The Morgan fingerprint density at radius 2 is 2.16 bits per heavy atom. The maximum Gasteiger partial charge on any atom is 0.240 e. The van der Waals surface area contributed by atoms with Crippen LogP contribution in [0.25, 0.3) is 0 Å². The third kappa shape index (κ3) is 3.83. The molecule has 1 aromatic carbocycles. The average Bonchev–Trinajstić information content (AvgIpc) is 2.88. The van der Waals surface area contributed by atoms with Gasteiger partial charge in [-0.05, 0) is 17.7 Å². The number of hydrogen-bond acceptors (Lipinski definition) is 5. The van der Waals surface area contributed by atoms with Crippen LogP contribution in [0, 0.1) is 12.3 Å². The van der Waals surface area contributed by atoms with E-state index in [2.05, 4.69) is 21.4 Å². The Morgan fingerprint density at radius 1 is 1.37 bits per heavy atom. The number of ether oxygens (including phenoxy) is 1. The topological polar surface area (TPSA) is 60.2 Å². The van der Waals surface area contributed by atoms with Gasteiger partial charge in [0.15, 0.2) is 5.82 Å². The van der Waals surface area contributed by atoms with Crippen LogP contribution in [0.4, 0.5) is 0 Å². The van der Waals surface area contributed by atoms with Gasteiger partial charge in [0.05, 0.1) is 20.2 Å². The lowest BCUT2D eigenvalue weighted by molar-refractivity contribution is 0.366. The third-order valence-electron chi connectivity index (χ3n) is 2.53. The van der Waals surface area contributed by atoms with Crippen LogP contribution in [0.5, 0.6) is 5.75 Å². The second-order valence-electron chi connectivity index (χ2n) is 3.94. The third-order valence-corrected chi connectivity index (χ3v) is 2.53. The van der Waals surface area contributed by atoms with Gasteiger partial charge in [-0.2, -0.15) is 4.98 Å². The van der Waals surface area contributed by atoms with Crippen molar-refractivity contribution in [3.63, 3.8) is 0 Å². The van der Waals surface area contributed by atoms with Gasteiger partial charge >= 0.3 is 0 Å². The summed E-state index contributed by atoms with van der Waals surface area (Å²) >= 11 is 0. The molecule has 0 spiro atoms. The molecule has 0 aliphatic carbocycles. The minimum Gasteiger partial charge on any atom is -0.497 e. The van der Waals surface area contributed by atoms with Crippen molar-refractivity contribution >= 4 is 0 Å². The van der Waals surface area contributed by atoms with E-state index in [9.17, 15) is 0 Å². The van der Waals surface area contributed by atoms with Gasteiger partial charge in [0.25, 0.3) is 0 Å². The maximum atomic E-state index is 5.13. The van der Waals surface area contributed by atoms with Crippen LogP contribution in [-0.4, -0.2) is 23.8 Å². The van der Waals surface area contributed by atoms with E-state index < -0.39 is 0 Å². The zero-order chi connectivity index (χ0) is 13.5. The lowest BCUT2D eigenvalue weighted by Crippen LogP contribution is -2.13. The summed E-state index contributed by atoms with van der Waals surface area (Å²) in [6.45, 7) is 0.968. The van der Waals surface area contributed by atoms with Crippen LogP contribution in [0.3, 0.4) is 0 Å². The Labute approximate surface area is 112 Å². The molecule has 2 aromatic rings. The molecule has 5 heteroatoms. The van der Waals surface area contributed by atoms with Crippen molar-refractivity contribution in [1.82, 2.24) is 15.5 Å². The molecule has 0 saturated carbocycles. The van der Waals surface area contributed by atoms with Crippen LogP contribution in [-0.2, 0) is 13.0 Å². The zero-order valence-electron chi connectivity index (χ0n) is 10.7. The molecule has 0 aliphatic heterocycles. The molecule has 0 radical (unpaired) electrons. The Balaban J connectivity index is 1.93. The Morgan fingerprint density at radius 3 is 2.84 bits per heavy atom. The largest absolute Gasteiger partial charge is 0.497 e. The number of nitrogens with one attached hydrogen (secondary N) is 1. The highest BCUT2D eigenvalue weighted by Crippen LogP contribution is 2.13. The van der Waals surface area contributed by atoms with Crippen LogP contribution in [0.1, 0.15) is 17.3 Å². The van der Waals surface area contributed by atoms with E-state index in [0.717, 1.165) is 11.3 Å². The molecular formula is C14H15N3O2. The van der Waals surface area contributed by atoms with Crippen molar-refractivity contribution in [2.75, 3.05) is 13.7 Å². The minimum atomic E-state index is 0.482. The Bertz CT molecular complexity index is 555. The Kier molecular flexibility index (Phi) is 4.54. The number of benzene rings is 1. The maximum absolute atomic E-state index is 5.13. The first-order chi connectivity index (χ1) is 9.31. The highest BCUT2D eigenvalue weighted by Gasteiger charge is 2.06. The number of hydrogen-bond donors (Lipinski definition) is 1. The molecule has 0 unspecified atom stereocenters. The first-order valence-electron chi connectivity index (χ1n) is 5.90. The summed E-state index contributed by atoms with van der Waals surface area (Å²) in [5, 5.41) is 6.92. The van der Waals surface area contributed by atoms with Crippen molar-refractivity contribution in [2.24, 2.45) is 0 Å². The predicted molar refractivity (Wildman–Crippen MR) is 70.6 cm³/mol. The fraction of sp³-hybridized carbons (Fsp3) is 0.286. The van der Waals surface area contributed by atoms with Gasteiger partial charge in [-0.15, -0.1) is 6.42 Å². The van der Waals surface area contributed by atoms with Crippen LogP contribution >= 0.6 is 0 Å². The smallest absolute Gasteiger partial charge is 0.240 e. The summed E-state index contributed by atoms with van der Waals surface area (Å²) in [5.74, 6) is 4.51. The van der Waals surface area contributed by atoms with E-state index in [0.29, 0.717) is 31.2 Å². The fourth-order valence-corrected chi connectivity index (χ4v) is 1.60. The van der Waals surface area contributed by atoms with Gasteiger partial charge in [-0.25, -0.2) is 0 Å². The molecule has 0 aliphatic rings. The molecule has 2 rings (SSSR count). The van der Waals surface area contributed by atoms with Gasteiger partial charge in [-0.1, -0.05) is 23.2 Å². The summed E-state index contributed by atoms with van der Waals surface area (Å²) < 4.78 is 10.2. The summed E-state index contributed by atoms with van der Waals surface area (Å²) in [6, 6.07) is 7.77. The second kappa shape index (κ2) is 6.57. The predicted octanol–water partition coefficient (Wildman–Crippen LogP) is 1.39. The molecule has 1 aromatic heterocycles. The normalized spacial score (nSPS) is 10.1. The van der Waals surface area contributed by atoms with E-state index in [1.54, 1.807) is 7.11 Å². The molecule has 0 bridgehead atoms. The van der Waals surface area contributed by atoms with Gasteiger partial charge < -0.3 is 9.26 Å². The Hall–Kier alpha value is -2.32. The highest BCUT2D eigenvalue weighted by molar-refractivity contribution is 5.28. The summed E-state index contributed by atoms with van der Waals surface area (Å²) in [7, 11) is 1.64. The van der Waals surface area contributed by atoms with E-state index in [1.165, 1.54) is 0 Å². The molecule has 0 saturated heterocycles. The number of methoxy groups -OCH3 is 1. The summed E-state index contributed by atoms with van der Waals surface area (Å²) in [4.78, 5) is 4.28. The molecule has 1 N–H and O–H groups in total. The molecule has 19 heavy (non-hydrogen) atoms. The average molecular weight is 257 g/mol. The standard InChI is InChI=1S/C14H15N3O2/c1-3-8-15-10-14-16-13(17-19-14)9-11-4-6-12(18-2)7-5-11/h1,4-7,15H,8-10H2,2H3. The van der Waals surface area contributed by atoms with Crippen LogP contribution in [0.15, 0.2) is 28.8 Å². The van der Waals surface area contributed by atoms with Gasteiger partial charge in [0, 0.05) is 6.42 Å². The molecule has 5 nitrogen and oxygen atoms in total. The highest BCUT2D eigenvalue weighted by atomic mass is 16.5. The first-order valence-corrected chi connectivity index (χ1v) is 5.90. The summed E-state index contributed by atoms with van der Waals surface area (Å²) in [6.07, 6.45) is 5.76. The first kappa shape index (κ1) is 13.1. The van der Waals surface area contributed by atoms with Crippen LogP contribution < -0.4 is 10.1 Å².